The first-order valence-electron chi connectivity index (χ1n) is 11.3. The quantitative estimate of drug-likeness (QED) is 0.303. The average Bonchev–Trinajstić information content (AvgIpc) is 2.84. The molecule has 0 radical (unpaired) electrons. The van der Waals surface area contributed by atoms with Gasteiger partial charge >= 0.3 is 12.2 Å². The standard InChI is InChI=1S/C26H28Cl2N4O6/c1-26(2,3)38-25(35)31(23-21(27)18(36-4)12-19(37-5)22(23)28)14-15-10-11-20(30-13-15)32(24(33)34)17-9-7-6-8-16(17)29/h6-13H,14,29H2,1-5H3,(H,33,34). The van der Waals surface area contributed by atoms with Crippen LogP contribution in [0, 0.1) is 0 Å². The predicted molar refractivity (Wildman–Crippen MR) is 147 cm³/mol. The van der Waals surface area contributed by atoms with Crippen LogP contribution in [0.5, 0.6) is 11.5 Å². The Morgan fingerprint density at radius 2 is 1.63 bits per heavy atom. The zero-order chi connectivity index (χ0) is 28.2. The molecule has 0 aliphatic heterocycles. The number of benzene rings is 2. The van der Waals surface area contributed by atoms with Crippen molar-refractivity contribution in [2.75, 3.05) is 29.8 Å². The Morgan fingerprint density at radius 1 is 1.03 bits per heavy atom. The summed E-state index contributed by atoms with van der Waals surface area (Å²) < 4.78 is 16.3. The molecule has 202 valence electrons. The first kappa shape index (κ1) is 28.7. The highest BCUT2D eigenvalue weighted by Crippen LogP contribution is 2.47. The minimum atomic E-state index is -1.26. The zero-order valence-corrected chi connectivity index (χ0v) is 23.0. The Hall–Kier alpha value is -3.89. The number of amides is 2. The summed E-state index contributed by atoms with van der Waals surface area (Å²) in [6, 6.07) is 11.2. The number of carbonyl (C=O) groups excluding carboxylic acids is 1. The van der Waals surface area contributed by atoms with Crippen molar-refractivity contribution in [2.45, 2.75) is 32.9 Å². The molecule has 1 aromatic heterocycles. The summed E-state index contributed by atoms with van der Waals surface area (Å²) in [6.07, 6.45) is -0.563. The molecular weight excluding hydrogens is 535 g/mol. The first-order valence-corrected chi connectivity index (χ1v) is 12.1. The van der Waals surface area contributed by atoms with E-state index in [0.29, 0.717) is 5.56 Å². The highest BCUT2D eigenvalue weighted by Gasteiger charge is 2.30. The maximum Gasteiger partial charge on any atom is 0.417 e. The molecule has 0 bridgehead atoms. The number of carboxylic acid groups (broad SMARTS) is 1. The van der Waals surface area contributed by atoms with Crippen LogP contribution in [0.4, 0.5) is 32.5 Å². The van der Waals surface area contributed by atoms with Crippen LogP contribution in [0.25, 0.3) is 0 Å². The molecule has 2 aromatic carbocycles. The Morgan fingerprint density at radius 3 is 2.11 bits per heavy atom. The number of nitrogens with zero attached hydrogens (tertiary/aromatic N) is 3. The highest BCUT2D eigenvalue weighted by atomic mass is 35.5. The normalized spacial score (nSPS) is 11.0. The lowest BCUT2D eigenvalue weighted by molar-refractivity contribution is 0.0577. The molecule has 0 atom stereocenters. The third-order valence-electron chi connectivity index (χ3n) is 5.18. The van der Waals surface area contributed by atoms with Gasteiger partial charge in [-0.25, -0.2) is 19.5 Å². The van der Waals surface area contributed by atoms with Crippen molar-refractivity contribution >= 4 is 58.3 Å². The van der Waals surface area contributed by atoms with Crippen LogP contribution in [0.1, 0.15) is 26.3 Å². The van der Waals surface area contributed by atoms with Crippen molar-refractivity contribution in [3.63, 3.8) is 0 Å². The molecule has 12 heteroatoms. The Kier molecular flexibility index (Phi) is 8.80. The van der Waals surface area contributed by atoms with Gasteiger partial charge in [-0.1, -0.05) is 41.4 Å². The molecule has 0 saturated carbocycles. The van der Waals surface area contributed by atoms with Crippen LogP contribution >= 0.6 is 23.2 Å². The lowest BCUT2D eigenvalue weighted by Crippen LogP contribution is -2.37. The van der Waals surface area contributed by atoms with Crippen molar-refractivity contribution in [1.82, 2.24) is 4.98 Å². The van der Waals surface area contributed by atoms with E-state index in [1.165, 1.54) is 37.4 Å². The maximum atomic E-state index is 13.3. The van der Waals surface area contributed by atoms with E-state index in [1.54, 1.807) is 51.1 Å². The molecule has 3 rings (SSSR count). The summed E-state index contributed by atoms with van der Waals surface area (Å²) in [7, 11) is 2.85. The predicted octanol–water partition coefficient (Wildman–Crippen LogP) is 6.75. The molecule has 0 unspecified atom stereocenters. The lowest BCUT2D eigenvalue weighted by atomic mass is 10.2. The summed E-state index contributed by atoms with van der Waals surface area (Å²) in [4.78, 5) is 31.9. The average molecular weight is 563 g/mol. The Bertz CT molecular complexity index is 1300. The van der Waals surface area contributed by atoms with Gasteiger partial charge in [-0.05, 0) is 44.5 Å². The van der Waals surface area contributed by atoms with Gasteiger partial charge in [-0.2, -0.15) is 0 Å². The van der Waals surface area contributed by atoms with E-state index in [1.807, 2.05) is 0 Å². The molecule has 1 heterocycles. The van der Waals surface area contributed by atoms with Gasteiger partial charge in [-0.3, -0.25) is 4.90 Å². The van der Waals surface area contributed by atoms with E-state index in [2.05, 4.69) is 4.98 Å². The summed E-state index contributed by atoms with van der Waals surface area (Å²) in [5.74, 6) is 0.590. The number of carbonyl (C=O) groups is 2. The molecule has 0 fully saturated rings. The van der Waals surface area contributed by atoms with E-state index in [0.717, 1.165) is 4.90 Å². The SMILES string of the molecule is COc1cc(OC)c(Cl)c(N(Cc2ccc(N(C(=O)O)c3ccccc3N)nc2)C(=O)OC(C)(C)C)c1Cl. The molecule has 10 nitrogen and oxygen atoms in total. The first-order chi connectivity index (χ1) is 17.9. The number of nitrogen functional groups attached to an aromatic ring is 1. The lowest BCUT2D eigenvalue weighted by Gasteiger charge is -2.29. The fourth-order valence-corrected chi connectivity index (χ4v) is 4.21. The second-order valence-corrected chi connectivity index (χ2v) is 9.78. The van der Waals surface area contributed by atoms with Crippen molar-refractivity contribution in [1.29, 1.82) is 0 Å². The summed E-state index contributed by atoms with van der Waals surface area (Å²) >= 11 is 13.2. The van der Waals surface area contributed by atoms with Crippen LogP contribution in [0.3, 0.4) is 0 Å². The monoisotopic (exact) mass is 562 g/mol. The minimum absolute atomic E-state index is 0.0709. The van der Waals surface area contributed by atoms with Crippen molar-refractivity contribution < 1.29 is 28.9 Å². The van der Waals surface area contributed by atoms with Gasteiger partial charge in [-0.15, -0.1) is 0 Å². The summed E-state index contributed by atoms with van der Waals surface area (Å²) in [5, 5.41) is 9.97. The minimum Gasteiger partial charge on any atom is -0.495 e. The van der Waals surface area contributed by atoms with Gasteiger partial charge in [0.15, 0.2) is 0 Å². The third-order valence-corrected chi connectivity index (χ3v) is 5.91. The second kappa shape index (κ2) is 11.7. The largest absolute Gasteiger partial charge is 0.495 e. The Labute approximate surface area is 230 Å². The van der Waals surface area contributed by atoms with Gasteiger partial charge in [0.05, 0.1) is 37.8 Å². The van der Waals surface area contributed by atoms with E-state index < -0.39 is 17.8 Å². The zero-order valence-electron chi connectivity index (χ0n) is 21.5. The van der Waals surface area contributed by atoms with Gasteiger partial charge in [0, 0.05) is 12.3 Å². The molecular formula is C26H28Cl2N4O6. The van der Waals surface area contributed by atoms with Gasteiger partial charge in [0.1, 0.15) is 33.0 Å². The number of para-hydroxylation sites is 2. The smallest absolute Gasteiger partial charge is 0.417 e. The Balaban J connectivity index is 2.06. The number of methoxy groups -OCH3 is 2. The van der Waals surface area contributed by atoms with Crippen LogP contribution < -0.4 is 25.0 Å². The van der Waals surface area contributed by atoms with E-state index >= 15 is 0 Å². The number of hydrogen-bond donors (Lipinski definition) is 2. The van der Waals surface area contributed by atoms with Crippen molar-refractivity contribution in [2.24, 2.45) is 0 Å². The number of aromatic nitrogens is 1. The number of rotatable bonds is 7. The maximum absolute atomic E-state index is 13.3. The molecule has 0 aliphatic carbocycles. The molecule has 0 saturated heterocycles. The molecule has 0 aliphatic rings. The van der Waals surface area contributed by atoms with Gasteiger partial charge in [0.25, 0.3) is 0 Å². The van der Waals surface area contributed by atoms with E-state index in [-0.39, 0.29) is 51.0 Å². The topological polar surface area (TPSA) is 127 Å². The van der Waals surface area contributed by atoms with Crippen molar-refractivity contribution in [3.05, 3.63) is 64.3 Å². The third kappa shape index (κ3) is 6.32. The second-order valence-electron chi connectivity index (χ2n) is 9.03. The van der Waals surface area contributed by atoms with Crippen molar-refractivity contribution in [3.8, 4) is 11.5 Å². The number of ether oxygens (including phenoxy) is 3. The summed E-state index contributed by atoms with van der Waals surface area (Å²) in [5.41, 5.74) is 6.34. The summed E-state index contributed by atoms with van der Waals surface area (Å²) in [6.45, 7) is 5.11. The molecule has 0 spiro atoms. The number of halogens is 2. The van der Waals surface area contributed by atoms with Gasteiger partial charge in [0.2, 0.25) is 0 Å². The molecule has 38 heavy (non-hydrogen) atoms. The van der Waals surface area contributed by atoms with E-state index in [4.69, 9.17) is 43.1 Å². The number of pyridine rings is 1. The van der Waals surface area contributed by atoms with Gasteiger partial charge < -0.3 is 25.1 Å². The highest BCUT2D eigenvalue weighted by molar-refractivity contribution is 6.41. The fraction of sp³-hybridized carbons (Fsp3) is 0.269. The fourth-order valence-electron chi connectivity index (χ4n) is 3.50. The van der Waals surface area contributed by atoms with E-state index in [9.17, 15) is 14.7 Å². The van der Waals surface area contributed by atoms with Crippen LogP contribution in [-0.4, -0.2) is 42.1 Å². The number of anilines is 4. The van der Waals surface area contributed by atoms with Crippen LogP contribution in [0.15, 0.2) is 48.7 Å². The number of hydrogen-bond acceptors (Lipinski definition) is 7. The molecule has 3 aromatic rings. The van der Waals surface area contributed by atoms with Crippen LogP contribution in [0.2, 0.25) is 10.0 Å². The molecule has 2 amide bonds. The van der Waals surface area contributed by atoms with Crippen LogP contribution in [-0.2, 0) is 11.3 Å². The number of nitrogens with two attached hydrogens (primary N) is 1. The molecule has 3 N–H and O–H groups in total.